The molecule has 7 unspecified atom stereocenters. The summed E-state index contributed by atoms with van der Waals surface area (Å²) in [5, 5.41) is 54.8. The highest BCUT2D eigenvalue weighted by molar-refractivity contribution is 5.76. The van der Waals surface area contributed by atoms with Gasteiger partial charge in [0.1, 0.15) is 24.4 Å². The van der Waals surface area contributed by atoms with E-state index in [1.807, 2.05) is 6.08 Å². The summed E-state index contributed by atoms with van der Waals surface area (Å²) < 4.78 is 11.3. The number of allylic oxidation sites excluding steroid dienone is 15. The molecule has 0 aliphatic carbocycles. The molecule has 0 saturated carbocycles. The van der Waals surface area contributed by atoms with Crippen molar-refractivity contribution in [1.82, 2.24) is 5.32 Å². The zero-order valence-electron chi connectivity index (χ0n) is 58.6. The lowest BCUT2D eigenvalue weighted by atomic mass is 9.99. The van der Waals surface area contributed by atoms with E-state index in [0.29, 0.717) is 6.42 Å². The van der Waals surface area contributed by atoms with Crippen molar-refractivity contribution in [3.8, 4) is 0 Å². The van der Waals surface area contributed by atoms with Crippen molar-refractivity contribution in [3.63, 3.8) is 0 Å². The van der Waals surface area contributed by atoms with Gasteiger partial charge in [-0.25, -0.2) is 0 Å². The van der Waals surface area contributed by atoms with Gasteiger partial charge in [0.2, 0.25) is 5.91 Å². The molecule has 1 amide bonds. The Labute approximate surface area is 555 Å². The van der Waals surface area contributed by atoms with Crippen molar-refractivity contribution in [2.45, 2.75) is 397 Å². The van der Waals surface area contributed by atoms with Crippen molar-refractivity contribution in [1.29, 1.82) is 0 Å². The van der Waals surface area contributed by atoms with Crippen LogP contribution < -0.4 is 5.32 Å². The van der Waals surface area contributed by atoms with Crippen LogP contribution in [-0.2, 0) is 14.3 Å². The van der Waals surface area contributed by atoms with Crippen molar-refractivity contribution < 1.29 is 39.8 Å². The number of aliphatic hydroxyl groups is 5. The summed E-state index contributed by atoms with van der Waals surface area (Å²) in [4.78, 5) is 13.2. The van der Waals surface area contributed by atoms with Gasteiger partial charge in [0.15, 0.2) is 6.29 Å². The third kappa shape index (κ3) is 56.6. The van der Waals surface area contributed by atoms with Gasteiger partial charge in [0, 0.05) is 6.42 Å². The molecule has 0 spiro atoms. The minimum Gasteiger partial charge on any atom is -0.394 e. The van der Waals surface area contributed by atoms with Gasteiger partial charge in [-0.1, -0.05) is 355 Å². The average Bonchev–Trinajstić information content (AvgIpc) is 1.28. The van der Waals surface area contributed by atoms with Gasteiger partial charge < -0.3 is 40.3 Å². The predicted molar refractivity (Wildman–Crippen MR) is 387 cm³/mol. The number of hydrogen-bond acceptors (Lipinski definition) is 8. The number of nitrogens with one attached hydrogen (secondary N) is 1. The van der Waals surface area contributed by atoms with E-state index in [4.69, 9.17) is 9.47 Å². The fraction of sp³-hybridized carbons (Fsp3) is 0.790. The highest BCUT2D eigenvalue weighted by Gasteiger charge is 2.44. The summed E-state index contributed by atoms with van der Waals surface area (Å²) >= 11 is 0. The quantitative estimate of drug-likeness (QED) is 0.0261. The van der Waals surface area contributed by atoms with Crippen LogP contribution in [0.15, 0.2) is 97.2 Å². The van der Waals surface area contributed by atoms with Crippen LogP contribution in [0.4, 0.5) is 0 Å². The first-order valence-electron chi connectivity index (χ1n) is 38.5. The fourth-order valence-electron chi connectivity index (χ4n) is 11.9. The number of amides is 1. The molecule has 0 aromatic carbocycles. The first-order valence-corrected chi connectivity index (χ1v) is 38.5. The topological polar surface area (TPSA) is 149 Å². The Hall–Kier alpha value is -2.89. The van der Waals surface area contributed by atoms with E-state index in [-0.39, 0.29) is 12.5 Å². The first-order chi connectivity index (χ1) is 44.3. The monoisotopic (exact) mass is 1260 g/mol. The minimum atomic E-state index is -1.58. The van der Waals surface area contributed by atoms with Crippen molar-refractivity contribution in [2.75, 3.05) is 13.2 Å². The summed E-state index contributed by atoms with van der Waals surface area (Å²) in [6, 6.07) is -0.832. The van der Waals surface area contributed by atoms with Gasteiger partial charge in [-0.3, -0.25) is 4.79 Å². The van der Waals surface area contributed by atoms with E-state index in [1.54, 1.807) is 6.08 Å². The van der Waals surface area contributed by atoms with Gasteiger partial charge in [0.05, 0.1) is 25.4 Å². The van der Waals surface area contributed by atoms with Crippen LogP contribution in [0, 0.1) is 0 Å². The smallest absolute Gasteiger partial charge is 0.220 e. The molecule has 90 heavy (non-hydrogen) atoms. The second-order valence-electron chi connectivity index (χ2n) is 26.4. The summed E-state index contributed by atoms with van der Waals surface area (Å²) in [5.41, 5.74) is 0. The van der Waals surface area contributed by atoms with Crippen LogP contribution in [0.1, 0.15) is 354 Å². The second kappa shape index (κ2) is 69.0. The lowest BCUT2D eigenvalue weighted by Crippen LogP contribution is -2.60. The Morgan fingerprint density at radius 1 is 0.389 bits per heavy atom. The van der Waals surface area contributed by atoms with Crippen LogP contribution >= 0.6 is 0 Å². The molecule has 0 bridgehead atoms. The molecule has 1 aliphatic heterocycles. The maximum absolute atomic E-state index is 13.2. The molecule has 1 aliphatic rings. The number of carbonyl (C=O) groups is 1. The van der Waals surface area contributed by atoms with Crippen molar-refractivity contribution in [3.05, 3.63) is 97.2 Å². The van der Waals surface area contributed by atoms with E-state index >= 15 is 0 Å². The van der Waals surface area contributed by atoms with Crippen LogP contribution in [0.5, 0.6) is 0 Å². The Balaban J connectivity index is 2.08. The SMILES string of the molecule is CC/C=C\C/C=C\C/C=C\C/C=C\C/C=C\CCCCCCCCCCCCCCCCCCCCCCCCCCCC(=O)NC(COC1OC(CO)C(O)C(O)C1O)C(O)/C=C/CC/C=C/CC/C=C/CCCCCCCCCCCCCCCCCC. The summed E-state index contributed by atoms with van der Waals surface area (Å²) in [6.07, 6.45) is 94.1. The molecule has 9 heteroatoms. The number of unbranched alkanes of at least 4 members (excludes halogenated alkanes) is 43. The lowest BCUT2D eigenvalue weighted by Gasteiger charge is -2.40. The molecule has 0 aromatic heterocycles. The van der Waals surface area contributed by atoms with E-state index in [0.717, 1.165) is 77.0 Å². The summed E-state index contributed by atoms with van der Waals surface area (Å²) in [6.45, 7) is 3.68. The number of hydrogen-bond donors (Lipinski definition) is 6. The maximum atomic E-state index is 13.2. The molecule has 0 aromatic rings. The molecular weight excluding hydrogens is 1110 g/mol. The largest absolute Gasteiger partial charge is 0.394 e. The number of ether oxygens (including phenoxy) is 2. The molecule has 6 N–H and O–H groups in total. The molecular formula is C81H145NO8. The van der Waals surface area contributed by atoms with Crippen LogP contribution in [-0.4, -0.2) is 87.5 Å². The van der Waals surface area contributed by atoms with Crippen LogP contribution in [0.3, 0.4) is 0 Å². The van der Waals surface area contributed by atoms with E-state index in [2.05, 4.69) is 104 Å². The van der Waals surface area contributed by atoms with Gasteiger partial charge in [-0.2, -0.15) is 0 Å². The van der Waals surface area contributed by atoms with E-state index in [9.17, 15) is 30.3 Å². The number of rotatable bonds is 67. The molecule has 1 fully saturated rings. The van der Waals surface area contributed by atoms with Crippen LogP contribution in [0.2, 0.25) is 0 Å². The molecule has 0 radical (unpaired) electrons. The number of carbonyl (C=O) groups excluding carboxylic acids is 1. The average molecular weight is 1260 g/mol. The maximum Gasteiger partial charge on any atom is 0.220 e. The Morgan fingerprint density at radius 3 is 1.07 bits per heavy atom. The van der Waals surface area contributed by atoms with E-state index in [1.165, 1.54) is 257 Å². The summed E-state index contributed by atoms with van der Waals surface area (Å²) in [7, 11) is 0. The molecule has 1 rings (SSSR count). The minimum absolute atomic E-state index is 0.186. The van der Waals surface area contributed by atoms with Crippen molar-refractivity contribution in [2.24, 2.45) is 0 Å². The van der Waals surface area contributed by atoms with E-state index < -0.39 is 49.5 Å². The highest BCUT2D eigenvalue weighted by Crippen LogP contribution is 2.23. The third-order valence-electron chi connectivity index (χ3n) is 17.9. The summed E-state index contributed by atoms with van der Waals surface area (Å²) in [5.74, 6) is -0.186. The Kier molecular flexibility index (Phi) is 65.2. The van der Waals surface area contributed by atoms with Gasteiger partial charge in [-0.15, -0.1) is 0 Å². The predicted octanol–water partition coefficient (Wildman–Crippen LogP) is 21.8. The molecule has 522 valence electrons. The Morgan fingerprint density at radius 2 is 0.700 bits per heavy atom. The normalized spacial score (nSPS) is 18.3. The highest BCUT2D eigenvalue weighted by atomic mass is 16.7. The standard InChI is InChI=1S/C81H145NO8/c1-3-5-7-9-11-13-15-17-19-21-23-25-27-29-31-32-33-34-35-36-37-38-39-40-41-42-43-44-45-47-49-51-53-55-57-59-61-63-65-67-69-71-77(85)82-74(73-89-81-80(88)79(87)78(86)76(72-83)90-81)75(84)70-68-66-64-62-60-58-56-54-52-50-48-46-30-28-26-24-22-20-18-16-14-12-10-8-6-4-2/h5,7,11,13,17,19,23,25,29,31,52,54,60,62,68,70,74-76,78-81,83-84,86-88H,3-4,6,8-10,12,14-16,18,20-22,24,26-28,30,32-51,53,55-59,61,63-67,69,71-73H2,1-2H3,(H,82,85)/b7-5-,13-11-,19-17-,25-23-,31-29-,54-52+,62-60+,70-68+. The van der Waals surface area contributed by atoms with Crippen LogP contribution in [0.25, 0.3) is 0 Å². The lowest BCUT2D eigenvalue weighted by molar-refractivity contribution is -0.302. The zero-order chi connectivity index (χ0) is 64.9. The van der Waals surface area contributed by atoms with Gasteiger partial charge >= 0.3 is 0 Å². The number of aliphatic hydroxyl groups excluding tert-OH is 5. The molecule has 9 nitrogen and oxygen atoms in total. The Bertz CT molecular complexity index is 1750. The molecule has 1 saturated heterocycles. The molecule has 1 heterocycles. The molecule has 7 atom stereocenters. The fourth-order valence-corrected chi connectivity index (χ4v) is 11.9. The zero-order valence-corrected chi connectivity index (χ0v) is 58.6. The second-order valence-corrected chi connectivity index (χ2v) is 26.4. The van der Waals surface area contributed by atoms with Crippen molar-refractivity contribution >= 4 is 5.91 Å². The van der Waals surface area contributed by atoms with Gasteiger partial charge in [-0.05, 0) is 89.9 Å². The third-order valence-corrected chi connectivity index (χ3v) is 17.9. The van der Waals surface area contributed by atoms with Gasteiger partial charge in [0.25, 0.3) is 0 Å². The first kappa shape index (κ1) is 85.1.